The Morgan fingerprint density at radius 1 is 0.913 bits per heavy atom. The molecule has 1 N–H and O–H groups in total. The van der Waals surface area contributed by atoms with Gasteiger partial charge in [-0.3, -0.25) is 4.79 Å². The molecule has 114 valence electrons. The van der Waals surface area contributed by atoms with Gasteiger partial charge in [0.05, 0.1) is 5.69 Å². The molecule has 0 spiro atoms. The van der Waals surface area contributed by atoms with Gasteiger partial charge in [0.2, 0.25) is 5.91 Å². The molecular weight excluding hydrogens is 296 g/mol. The Hall–Kier alpha value is -2.75. The molecule has 1 amide bonds. The van der Waals surface area contributed by atoms with Crippen LogP contribution in [0.1, 0.15) is 23.5 Å². The Morgan fingerprint density at radius 2 is 1.74 bits per heavy atom. The highest BCUT2D eigenvalue weighted by atomic mass is 19.2. The number of nitrogens with one attached hydrogen (secondary N) is 1. The lowest BCUT2D eigenvalue weighted by Gasteiger charge is -2.27. The Morgan fingerprint density at radius 3 is 2.61 bits per heavy atom. The van der Waals surface area contributed by atoms with Crippen molar-refractivity contribution in [3.05, 3.63) is 77.4 Å². The lowest BCUT2D eigenvalue weighted by Crippen LogP contribution is -2.24. The molecular formula is C19H13F2NO. The van der Waals surface area contributed by atoms with E-state index >= 15 is 0 Å². The lowest BCUT2D eigenvalue weighted by atomic mass is 9.83. The van der Waals surface area contributed by atoms with Crippen LogP contribution in [0.5, 0.6) is 0 Å². The number of fused-ring (bicyclic) bond motifs is 3. The first kappa shape index (κ1) is 13.9. The first-order valence-electron chi connectivity index (χ1n) is 7.40. The van der Waals surface area contributed by atoms with Crippen LogP contribution in [0.4, 0.5) is 14.5 Å². The van der Waals surface area contributed by atoms with E-state index in [-0.39, 0.29) is 17.9 Å². The Labute approximate surface area is 131 Å². The van der Waals surface area contributed by atoms with E-state index < -0.39 is 17.6 Å². The summed E-state index contributed by atoms with van der Waals surface area (Å²) < 4.78 is 27.8. The van der Waals surface area contributed by atoms with Crippen LogP contribution < -0.4 is 5.32 Å². The van der Waals surface area contributed by atoms with Crippen molar-refractivity contribution in [1.29, 1.82) is 0 Å². The summed E-state index contributed by atoms with van der Waals surface area (Å²) in [5, 5.41) is 4.78. The third kappa shape index (κ3) is 2.18. The Bertz CT molecular complexity index is 936. The fourth-order valence-electron chi connectivity index (χ4n) is 3.27. The minimum absolute atomic E-state index is 0.103. The van der Waals surface area contributed by atoms with E-state index in [2.05, 4.69) is 5.32 Å². The van der Waals surface area contributed by atoms with E-state index in [0.717, 1.165) is 22.4 Å². The van der Waals surface area contributed by atoms with Crippen LogP contribution in [0.25, 0.3) is 10.8 Å². The van der Waals surface area contributed by atoms with Gasteiger partial charge in [0.15, 0.2) is 11.6 Å². The fourth-order valence-corrected chi connectivity index (χ4v) is 3.27. The molecule has 0 unspecified atom stereocenters. The summed E-state index contributed by atoms with van der Waals surface area (Å²) in [7, 11) is 0. The number of hydrogen-bond donors (Lipinski definition) is 1. The number of amides is 1. The predicted molar refractivity (Wildman–Crippen MR) is 85.4 cm³/mol. The molecule has 0 saturated carbocycles. The van der Waals surface area contributed by atoms with E-state index in [1.165, 1.54) is 6.07 Å². The normalized spacial score (nSPS) is 17.0. The summed E-state index contributed by atoms with van der Waals surface area (Å²) in [6.45, 7) is 0. The summed E-state index contributed by atoms with van der Waals surface area (Å²) in [6, 6.07) is 15.6. The molecule has 1 aliphatic rings. The fraction of sp³-hybridized carbons (Fsp3) is 0.105. The van der Waals surface area contributed by atoms with Gasteiger partial charge >= 0.3 is 0 Å². The van der Waals surface area contributed by atoms with E-state index in [1.807, 2.05) is 36.4 Å². The van der Waals surface area contributed by atoms with Gasteiger partial charge in [-0.1, -0.05) is 48.5 Å². The zero-order valence-electron chi connectivity index (χ0n) is 12.1. The quantitative estimate of drug-likeness (QED) is 0.700. The molecule has 0 fully saturated rings. The number of halogens is 2. The third-order valence-corrected chi connectivity index (χ3v) is 4.35. The molecule has 23 heavy (non-hydrogen) atoms. The Kier molecular flexibility index (Phi) is 3.11. The van der Waals surface area contributed by atoms with Crippen LogP contribution in [0.15, 0.2) is 54.6 Å². The van der Waals surface area contributed by atoms with E-state index in [0.29, 0.717) is 5.69 Å². The number of carbonyl (C=O) groups excluding carboxylic acids is 1. The average Bonchev–Trinajstić information content (AvgIpc) is 2.56. The highest BCUT2D eigenvalue weighted by molar-refractivity contribution is 6.06. The minimum atomic E-state index is -0.893. The average molecular weight is 309 g/mol. The standard InChI is InChI=1S/C19H13F2NO/c20-16-7-3-6-13(18(16)21)15-10-17(23)22-19-12-5-2-1-4-11(12)8-9-14(15)19/h1-9,15H,10H2,(H,22,23)/t15-/m1/s1. The van der Waals surface area contributed by atoms with Gasteiger partial charge in [0, 0.05) is 17.7 Å². The van der Waals surface area contributed by atoms with Gasteiger partial charge in [0.1, 0.15) is 0 Å². The maximum Gasteiger partial charge on any atom is 0.225 e. The largest absolute Gasteiger partial charge is 0.325 e. The minimum Gasteiger partial charge on any atom is -0.325 e. The van der Waals surface area contributed by atoms with E-state index in [9.17, 15) is 13.6 Å². The molecule has 0 radical (unpaired) electrons. The molecule has 1 aliphatic heterocycles. The molecule has 1 atom stereocenters. The second-order valence-electron chi connectivity index (χ2n) is 5.70. The van der Waals surface area contributed by atoms with Crippen LogP contribution in [0.2, 0.25) is 0 Å². The van der Waals surface area contributed by atoms with Crippen molar-refractivity contribution in [1.82, 2.24) is 0 Å². The van der Waals surface area contributed by atoms with Crippen LogP contribution >= 0.6 is 0 Å². The Balaban J connectivity index is 1.97. The number of hydrogen-bond acceptors (Lipinski definition) is 1. The molecule has 1 heterocycles. The van der Waals surface area contributed by atoms with Crippen molar-refractivity contribution in [2.45, 2.75) is 12.3 Å². The molecule has 4 heteroatoms. The predicted octanol–water partition coefficient (Wildman–Crippen LogP) is 4.59. The van der Waals surface area contributed by atoms with E-state index in [1.54, 1.807) is 6.07 Å². The van der Waals surface area contributed by atoms with Crippen LogP contribution in [-0.4, -0.2) is 5.91 Å². The van der Waals surface area contributed by atoms with Crippen molar-refractivity contribution in [3.63, 3.8) is 0 Å². The molecule has 0 saturated heterocycles. The first-order valence-corrected chi connectivity index (χ1v) is 7.40. The highest BCUT2D eigenvalue weighted by Crippen LogP contribution is 2.41. The third-order valence-electron chi connectivity index (χ3n) is 4.35. The SMILES string of the molecule is O=C1C[C@H](c2cccc(F)c2F)c2ccc3ccccc3c2N1. The van der Waals surface area contributed by atoms with Crippen LogP contribution in [0.3, 0.4) is 0 Å². The van der Waals surface area contributed by atoms with Crippen molar-refractivity contribution in [2.24, 2.45) is 0 Å². The zero-order valence-corrected chi connectivity index (χ0v) is 12.1. The smallest absolute Gasteiger partial charge is 0.225 e. The molecule has 3 aromatic rings. The number of rotatable bonds is 1. The zero-order chi connectivity index (χ0) is 16.0. The number of anilines is 1. The van der Waals surface area contributed by atoms with Gasteiger partial charge in [-0.15, -0.1) is 0 Å². The van der Waals surface area contributed by atoms with Crippen LogP contribution in [-0.2, 0) is 4.79 Å². The molecule has 2 nitrogen and oxygen atoms in total. The second-order valence-corrected chi connectivity index (χ2v) is 5.70. The van der Waals surface area contributed by atoms with Gasteiger partial charge < -0.3 is 5.32 Å². The van der Waals surface area contributed by atoms with Crippen LogP contribution in [0, 0.1) is 11.6 Å². The molecule has 0 aromatic heterocycles. The molecule has 0 bridgehead atoms. The van der Waals surface area contributed by atoms with Gasteiger partial charge in [-0.25, -0.2) is 8.78 Å². The van der Waals surface area contributed by atoms with Gasteiger partial charge in [-0.05, 0) is 22.6 Å². The maximum absolute atomic E-state index is 14.2. The van der Waals surface area contributed by atoms with Crippen molar-refractivity contribution in [3.8, 4) is 0 Å². The first-order chi connectivity index (χ1) is 11.1. The van der Waals surface area contributed by atoms with Crippen molar-refractivity contribution in [2.75, 3.05) is 5.32 Å². The second kappa shape index (κ2) is 5.16. The molecule has 0 aliphatic carbocycles. The summed E-state index contributed by atoms with van der Waals surface area (Å²) in [4.78, 5) is 12.1. The maximum atomic E-state index is 14.2. The highest BCUT2D eigenvalue weighted by Gasteiger charge is 2.30. The van der Waals surface area contributed by atoms with E-state index in [4.69, 9.17) is 0 Å². The number of carbonyl (C=O) groups is 1. The number of benzene rings is 3. The van der Waals surface area contributed by atoms with Gasteiger partial charge in [-0.2, -0.15) is 0 Å². The summed E-state index contributed by atoms with van der Waals surface area (Å²) >= 11 is 0. The van der Waals surface area contributed by atoms with Crippen molar-refractivity contribution >= 4 is 22.4 Å². The molecule has 3 aromatic carbocycles. The monoisotopic (exact) mass is 309 g/mol. The topological polar surface area (TPSA) is 29.1 Å². The summed E-state index contributed by atoms with van der Waals surface area (Å²) in [6.07, 6.45) is 0.103. The summed E-state index contributed by atoms with van der Waals surface area (Å²) in [5.41, 5.74) is 1.72. The van der Waals surface area contributed by atoms with Gasteiger partial charge in [0.25, 0.3) is 0 Å². The summed E-state index contributed by atoms with van der Waals surface area (Å²) in [5.74, 6) is -2.45. The lowest BCUT2D eigenvalue weighted by molar-refractivity contribution is -0.116. The molecule has 4 rings (SSSR count). The van der Waals surface area contributed by atoms with Crippen molar-refractivity contribution < 1.29 is 13.6 Å².